The highest BCUT2D eigenvalue weighted by molar-refractivity contribution is 6.31. The van der Waals surface area contributed by atoms with Gasteiger partial charge in [0.2, 0.25) is 0 Å². The predicted octanol–water partition coefficient (Wildman–Crippen LogP) is 4.37. The lowest BCUT2D eigenvalue weighted by molar-refractivity contribution is 0.0487. The van der Waals surface area contributed by atoms with Crippen LogP contribution in [-0.2, 0) is 10.2 Å². The summed E-state index contributed by atoms with van der Waals surface area (Å²) in [5, 5.41) is 4.83. The first-order valence-corrected chi connectivity index (χ1v) is 9.52. The summed E-state index contributed by atoms with van der Waals surface area (Å²) in [5.74, 6) is -0.114. The van der Waals surface area contributed by atoms with Gasteiger partial charge in [-0.3, -0.25) is 9.78 Å². The lowest BCUT2D eigenvalue weighted by atomic mass is 9.74. The minimum atomic E-state index is -0.218. The summed E-state index contributed by atoms with van der Waals surface area (Å²) in [4.78, 5) is 17.3. The van der Waals surface area contributed by atoms with Gasteiger partial charge >= 0.3 is 0 Å². The second kappa shape index (κ2) is 7.67. The predicted molar refractivity (Wildman–Crippen MR) is 107 cm³/mol. The Hall–Kier alpha value is -2.43. The Balaban J connectivity index is 1.61. The molecule has 2 aromatic carbocycles. The second-order valence-corrected chi connectivity index (χ2v) is 7.34. The van der Waals surface area contributed by atoms with Gasteiger partial charge in [0.05, 0.1) is 11.1 Å². The SMILES string of the molecule is O=C(NCC1(c2ccccc2Cl)CCOCC1)c1cccc2cccnc12. The fourth-order valence-corrected chi connectivity index (χ4v) is 4.16. The molecular formula is C22H21ClN2O2. The number of pyridine rings is 1. The van der Waals surface area contributed by atoms with Crippen molar-refractivity contribution in [3.05, 3.63) is 76.9 Å². The van der Waals surface area contributed by atoms with E-state index in [2.05, 4.69) is 16.4 Å². The molecule has 138 valence electrons. The van der Waals surface area contributed by atoms with Crippen LogP contribution in [0.5, 0.6) is 0 Å². The van der Waals surface area contributed by atoms with Gasteiger partial charge in [-0.2, -0.15) is 0 Å². The Morgan fingerprint density at radius 1 is 1.07 bits per heavy atom. The molecule has 1 aliphatic heterocycles. The number of rotatable bonds is 4. The molecule has 0 spiro atoms. The zero-order chi connectivity index (χ0) is 18.7. The molecule has 4 nitrogen and oxygen atoms in total. The normalized spacial score (nSPS) is 16.2. The highest BCUT2D eigenvalue weighted by atomic mass is 35.5. The molecular weight excluding hydrogens is 360 g/mol. The number of nitrogens with one attached hydrogen (secondary N) is 1. The van der Waals surface area contributed by atoms with Crippen LogP contribution in [0.4, 0.5) is 0 Å². The van der Waals surface area contributed by atoms with Crippen molar-refractivity contribution in [2.24, 2.45) is 0 Å². The maximum atomic E-state index is 12.9. The zero-order valence-corrected chi connectivity index (χ0v) is 15.7. The molecule has 1 aromatic heterocycles. The van der Waals surface area contributed by atoms with Crippen molar-refractivity contribution in [1.82, 2.24) is 10.3 Å². The van der Waals surface area contributed by atoms with Crippen molar-refractivity contribution in [1.29, 1.82) is 0 Å². The number of hydrogen-bond donors (Lipinski definition) is 1. The summed E-state index contributed by atoms with van der Waals surface area (Å²) in [5.41, 5.74) is 2.17. The van der Waals surface area contributed by atoms with Crippen molar-refractivity contribution in [2.75, 3.05) is 19.8 Å². The molecule has 1 saturated heterocycles. The van der Waals surface area contributed by atoms with Gasteiger partial charge < -0.3 is 10.1 Å². The van der Waals surface area contributed by atoms with E-state index in [0.717, 1.165) is 34.3 Å². The van der Waals surface area contributed by atoms with Gasteiger partial charge in [0, 0.05) is 41.8 Å². The molecule has 0 bridgehead atoms. The number of halogens is 1. The molecule has 4 rings (SSSR count). The lowest BCUT2D eigenvalue weighted by Gasteiger charge is -2.38. The largest absolute Gasteiger partial charge is 0.381 e. The zero-order valence-electron chi connectivity index (χ0n) is 15.0. The fourth-order valence-electron chi connectivity index (χ4n) is 3.83. The molecule has 1 fully saturated rings. The average molecular weight is 381 g/mol. The van der Waals surface area contributed by atoms with Crippen molar-refractivity contribution < 1.29 is 9.53 Å². The topological polar surface area (TPSA) is 51.2 Å². The van der Waals surface area contributed by atoms with Crippen molar-refractivity contribution >= 4 is 28.4 Å². The Morgan fingerprint density at radius 2 is 1.85 bits per heavy atom. The number of aromatic nitrogens is 1. The number of para-hydroxylation sites is 1. The fraction of sp³-hybridized carbons (Fsp3) is 0.273. The van der Waals surface area contributed by atoms with Gasteiger partial charge in [-0.15, -0.1) is 0 Å². The Morgan fingerprint density at radius 3 is 2.67 bits per heavy atom. The van der Waals surface area contributed by atoms with Crippen LogP contribution < -0.4 is 5.32 Å². The number of fused-ring (bicyclic) bond motifs is 1. The van der Waals surface area contributed by atoms with Gasteiger partial charge in [-0.1, -0.05) is 48.0 Å². The third kappa shape index (κ3) is 3.55. The molecule has 0 aliphatic carbocycles. The Bertz CT molecular complexity index is 962. The molecule has 1 aliphatic rings. The maximum absolute atomic E-state index is 12.9. The van der Waals surface area contributed by atoms with Crippen molar-refractivity contribution in [3.63, 3.8) is 0 Å². The minimum absolute atomic E-state index is 0.114. The molecule has 5 heteroatoms. The molecule has 0 radical (unpaired) electrons. The Labute approximate surface area is 163 Å². The summed E-state index contributed by atoms with van der Waals surface area (Å²) in [6, 6.07) is 17.4. The van der Waals surface area contributed by atoms with Crippen LogP contribution in [-0.4, -0.2) is 30.6 Å². The van der Waals surface area contributed by atoms with Gasteiger partial charge in [0.15, 0.2) is 0 Å². The summed E-state index contributed by atoms with van der Waals surface area (Å²) in [6.45, 7) is 1.84. The van der Waals surface area contributed by atoms with Gasteiger partial charge in [-0.05, 0) is 36.6 Å². The minimum Gasteiger partial charge on any atom is -0.381 e. The summed E-state index contributed by atoms with van der Waals surface area (Å²) in [6.07, 6.45) is 3.36. The van der Waals surface area contributed by atoms with E-state index in [0.29, 0.717) is 25.3 Å². The van der Waals surface area contributed by atoms with E-state index in [-0.39, 0.29) is 11.3 Å². The lowest BCUT2D eigenvalue weighted by Crippen LogP contribution is -2.44. The molecule has 1 N–H and O–H groups in total. The number of ether oxygens (including phenoxy) is 1. The van der Waals surface area contributed by atoms with Crippen molar-refractivity contribution in [3.8, 4) is 0 Å². The van der Waals surface area contributed by atoms with Crippen LogP contribution in [0.25, 0.3) is 10.9 Å². The Kier molecular flexibility index (Phi) is 5.10. The number of benzene rings is 2. The van der Waals surface area contributed by atoms with Crippen LogP contribution in [0.2, 0.25) is 5.02 Å². The van der Waals surface area contributed by atoms with Crippen LogP contribution in [0, 0.1) is 0 Å². The highest BCUT2D eigenvalue weighted by Crippen LogP contribution is 2.38. The molecule has 1 amide bonds. The quantitative estimate of drug-likeness (QED) is 0.731. The molecule has 2 heterocycles. The summed E-state index contributed by atoms with van der Waals surface area (Å²) < 4.78 is 5.57. The van der Waals surface area contributed by atoms with E-state index in [9.17, 15) is 4.79 Å². The molecule has 0 unspecified atom stereocenters. The second-order valence-electron chi connectivity index (χ2n) is 6.94. The van der Waals surface area contributed by atoms with Crippen LogP contribution in [0.15, 0.2) is 60.8 Å². The van der Waals surface area contributed by atoms with Crippen LogP contribution in [0.3, 0.4) is 0 Å². The monoisotopic (exact) mass is 380 g/mol. The molecule has 27 heavy (non-hydrogen) atoms. The van der Waals surface area contributed by atoms with E-state index in [1.54, 1.807) is 6.20 Å². The first-order valence-electron chi connectivity index (χ1n) is 9.14. The first-order chi connectivity index (χ1) is 13.2. The standard InChI is InChI=1S/C22H21ClN2O2/c23-19-9-2-1-8-18(19)22(10-13-27-14-11-22)15-25-21(26)17-7-3-5-16-6-4-12-24-20(16)17/h1-9,12H,10-11,13-15H2,(H,25,26). The highest BCUT2D eigenvalue weighted by Gasteiger charge is 2.36. The van der Waals surface area contributed by atoms with E-state index in [4.69, 9.17) is 16.3 Å². The van der Waals surface area contributed by atoms with E-state index in [1.807, 2.05) is 48.5 Å². The van der Waals surface area contributed by atoms with Crippen LogP contribution >= 0.6 is 11.6 Å². The molecule has 3 aromatic rings. The molecule has 0 saturated carbocycles. The summed E-state index contributed by atoms with van der Waals surface area (Å²) >= 11 is 6.49. The van der Waals surface area contributed by atoms with E-state index in [1.165, 1.54) is 0 Å². The maximum Gasteiger partial charge on any atom is 0.253 e. The number of hydrogen-bond acceptors (Lipinski definition) is 3. The number of carbonyl (C=O) groups is 1. The molecule has 0 atom stereocenters. The van der Waals surface area contributed by atoms with Gasteiger partial charge in [0.25, 0.3) is 5.91 Å². The van der Waals surface area contributed by atoms with Gasteiger partial charge in [0.1, 0.15) is 0 Å². The summed E-state index contributed by atoms with van der Waals surface area (Å²) in [7, 11) is 0. The third-order valence-electron chi connectivity index (χ3n) is 5.36. The van der Waals surface area contributed by atoms with E-state index >= 15 is 0 Å². The first kappa shape index (κ1) is 18.0. The van der Waals surface area contributed by atoms with Crippen molar-refractivity contribution in [2.45, 2.75) is 18.3 Å². The third-order valence-corrected chi connectivity index (χ3v) is 5.69. The number of amides is 1. The van der Waals surface area contributed by atoms with E-state index < -0.39 is 0 Å². The number of nitrogens with zero attached hydrogens (tertiary/aromatic N) is 1. The van der Waals surface area contributed by atoms with Gasteiger partial charge in [-0.25, -0.2) is 0 Å². The van der Waals surface area contributed by atoms with Crippen LogP contribution in [0.1, 0.15) is 28.8 Å². The average Bonchev–Trinajstić information content (AvgIpc) is 2.72. The number of carbonyl (C=O) groups excluding carboxylic acids is 1. The smallest absolute Gasteiger partial charge is 0.253 e.